The Morgan fingerprint density at radius 1 is 1.02 bits per heavy atom. The summed E-state index contributed by atoms with van der Waals surface area (Å²) in [5.74, 6) is -0.613. The molecule has 0 saturated carbocycles. The number of nitrogens with zero attached hydrogens (tertiary/aromatic N) is 4. The second kappa shape index (κ2) is 14.5. The van der Waals surface area contributed by atoms with Gasteiger partial charge in [-0.25, -0.2) is 19.3 Å². The number of halogens is 1. The molecule has 0 saturated heterocycles. The maximum absolute atomic E-state index is 13.7. The summed E-state index contributed by atoms with van der Waals surface area (Å²) in [5, 5.41) is 34.5. The molecule has 2 aromatic heterocycles. The zero-order chi connectivity index (χ0) is 27.9. The van der Waals surface area contributed by atoms with Crippen LogP contribution in [0.2, 0.25) is 0 Å². The van der Waals surface area contributed by atoms with Gasteiger partial charge in [-0.3, -0.25) is 0 Å². The van der Waals surface area contributed by atoms with Crippen molar-refractivity contribution in [2.45, 2.75) is 57.8 Å². The number of nitrogens with one attached hydrogen (secondary N) is 1. The summed E-state index contributed by atoms with van der Waals surface area (Å²) >= 11 is 0. The fourth-order valence-corrected chi connectivity index (χ4v) is 4.39. The fraction of sp³-hybridized carbons (Fsp3) is 0.310. The monoisotopic (exact) mass is 555 g/mol. The molecule has 40 heavy (non-hydrogen) atoms. The van der Waals surface area contributed by atoms with Gasteiger partial charge in [0.15, 0.2) is 0 Å². The van der Waals surface area contributed by atoms with Crippen molar-refractivity contribution >= 4 is 17.6 Å². The van der Waals surface area contributed by atoms with Crippen LogP contribution in [0.3, 0.4) is 0 Å². The minimum Gasteiger partial charge on any atom is -0.550 e. The summed E-state index contributed by atoms with van der Waals surface area (Å²) < 4.78 is 15.7. The van der Waals surface area contributed by atoms with Gasteiger partial charge in [-0.15, -0.1) is 0 Å². The Bertz CT molecular complexity index is 1400. The zero-order valence-corrected chi connectivity index (χ0v) is 24.8. The number of aromatic nitrogens is 4. The first-order chi connectivity index (χ1) is 18.7. The summed E-state index contributed by atoms with van der Waals surface area (Å²) in [6, 6.07) is 17.3. The maximum atomic E-state index is 13.7. The van der Waals surface area contributed by atoms with Gasteiger partial charge in [0.05, 0.1) is 29.3 Å². The van der Waals surface area contributed by atoms with E-state index in [0.717, 1.165) is 11.5 Å². The maximum Gasteiger partial charge on any atom is 1.00 e. The number of carbonyl (C=O) groups is 1. The van der Waals surface area contributed by atoms with E-state index in [1.165, 1.54) is 12.1 Å². The average Bonchev–Trinajstić information content (AvgIpc) is 3.28. The number of para-hydroxylation sites is 1. The molecule has 2 atom stereocenters. The van der Waals surface area contributed by atoms with E-state index in [9.17, 15) is 24.5 Å². The molecule has 0 unspecified atom stereocenters. The van der Waals surface area contributed by atoms with Gasteiger partial charge in [0.25, 0.3) is 0 Å². The number of carboxylic acids is 1. The van der Waals surface area contributed by atoms with Crippen LogP contribution in [-0.4, -0.2) is 47.9 Å². The molecule has 4 aromatic rings. The first-order valence-electron chi connectivity index (χ1n) is 12.8. The quantitative estimate of drug-likeness (QED) is 0.217. The fourth-order valence-electron chi connectivity index (χ4n) is 4.39. The van der Waals surface area contributed by atoms with Crippen molar-refractivity contribution in [3.05, 3.63) is 78.5 Å². The van der Waals surface area contributed by atoms with Gasteiger partial charge >= 0.3 is 29.6 Å². The van der Waals surface area contributed by atoms with Crippen molar-refractivity contribution in [1.29, 1.82) is 0 Å². The standard InChI is InChI=1S/C29H32FN5O4.Na/c1-18(2)28-34-26(19-8-10-20(30)11-9-19)27(35(28)15-13-22(36)16-23(37)17-25(38)39)24-12-14-31-29(33-24)32-21-6-4-3-5-7-21;/h3-12,14,18,22-23,36-37H,13,15-17H2,1-2H3,(H,38,39)(H,31,32,33);/q;+1/p-1/t22-,23-;/m1./s1. The van der Waals surface area contributed by atoms with E-state index < -0.39 is 24.6 Å². The average molecular weight is 556 g/mol. The Morgan fingerprint density at radius 3 is 2.38 bits per heavy atom. The van der Waals surface area contributed by atoms with E-state index in [-0.39, 0.29) is 54.1 Å². The third-order valence-electron chi connectivity index (χ3n) is 6.19. The molecular formula is C29H31FN5NaO4. The van der Waals surface area contributed by atoms with E-state index in [2.05, 4.69) is 10.3 Å². The molecule has 2 heterocycles. The Morgan fingerprint density at radius 2 is 1.73 bits per heavy atom. The van der Waals surface area contributed by atoms with Crippen molar-refractivity contribution in [3.63, 3.8) is 0 Å². The third kappa shape index (κ3) is 8.18. The summed E-state index contributed by atoms with van der Waals surface area (Å²) in [7, 11) is 0. The smallest absolute Gasteiger partial charge is 0.550 e. The van der Waals surface area contributed by atoms with E-state index >= 15 is 0 Å². The molecule has 0 aliphatic heterocycles. The van der Waals surface area contributed by atoms with Crippen LogP contribution in [0.5, 0.6) is 0 Å². The Kier molecular flexibility index (Phi) is 11.4. The number of aliphatic hydroxyl groups excluding tert-OH is 2. The molecule has 0 spiro atoms. The van der Waals surface area contributed by atoms with Crippen molar-refractivity contribution < 1.29 is 54.1 Å². The van der Waals surface area contributed by atoms with Crippen molar-refractivity contribution in [2.24, 2.45) is 0 Å². The molecule has 0 fully saturated rings. The summed E-state index contributed by atoms with van der Waals surface area (Å²) in [6.07, 6.45) is -0.934. The normalized spacial score (nSPS) is 12.6. The first-order valence-corrected chi connectivity index (χ1v) is 12.8. The van der Waals surface area contributed by atoms with Gasteiger partial charge in [0.1, 0.15) is 11.6 Å². The van der Waals surface area contributed by atoms with Crippen molar-refractivity contribution in [3.8, 4) is 22.6 Å². The largest absolute Gasteiger partial charge is 1.00 e. The van der Waals surface area contributed by atoms with Crippen LogP contribution in [-0.2, 0) is 11.3 Å². The van der Waals surface area contributed by atoms with Gasteiger partial charge < -0.3 is 30.0 Å². The van der Waals surface area contributed by atoms with E-state index in [1.54, 1.807) is 24.4 Å². The number of hydrogen-bond donors (Lipinski definition) is 3. The van der Waals surface area contributed by atoms with Crippen LogP contribution in [0.15, 0.2) is 66.9 Å². The molecule has 3 N–H and O–H groups in total. The van der Waals surface area contributed by atoms with Crippen LogP contribution in [0.1, 0.15) is 44.9 Å². The predicted molar refractivity (Wildman–Crippen MR) is 143 cm³/mol. The van der Waals surface area contributed by atoms with E-state index in [1.807, 2.05) is 48.7 Å². The number of rotatable bonds is 12. The Labute approximate surface area is 254 Å². The Balaban J connectivity index is 0.00000441. The molecule has 0 amide bonds. The molecule has 11 heteroatoms. The van der Waals surface area contributed by atoms with E-state index in [0.29, 0.717) is 35.1 Å². The molecule has 204 valence electrons. The summed E-state index contributed by atoms with van der Waals surface area (Å²) in [5.41, 5.74) is 3.38. The molecule has 2 aromatic carbocycles. The third-order valence-corrected chi connectivity index (χ3v) is 6.19. The molecule has 0 radical (unpaired) electrons. The number of aliphatic hydroxyl groups is 2. The van der Waals surface area contributed by atoms with Crippen LogP contribution in [0, 0.1) is 5.82 Å². The molecule has 9 nitrogen and oxygen atoms in total. The summed E-state index contributed by atoms with van der Waals surface area (Å²) in [6.45, 7) is 4.32. The van der Waals surface area contributed by atoms with E-state index in [4.69, 9.17) is 9.97 Å². The number of hydrogen-bond acceptors (Lipinski definition) is 8. The SMILES string of the molecule is CC(C)c1nc(-c2ccc(F)cc2)c(-c2ccnc(Nc3ccccc3)n2)n1CC[C@@H](O)C[C@@H](O)CC(=O)[O-].[Na+]. The van der Waals surface area contributed by atoms with Crippen LogP contribution >= 0.6 is 0 Å². The molecule has 0 aliphatic carbocycles. The molecule has 4 rings (SSSR count). The van der Waals surface area contributed by atoms with Crippen LogP contribution in [0.4, 0.5) is 16.0 Å². The van der Waals surface area contributed by atoms with Crippen LogP contribution < -0.4 is 40.0 Å². The second-order valence-electron chi connectivity index (χ2n) is 9.65. The Hall–Kier alpha value is -3.15. The molecule has 0 bridgehead atoms. The topological polar surface area (TPSA) is 136 Å². The number of carboxylic acid groups (broad SMARTS) is 1. The zero-order valence-electron chi connectivity index (χ0n) is 22.8. The second-order valence-corrected chi connectivity index (χ2v) is 9.65. The molecule has 0 aliphatic rings. The number of anilines is 2. The summed E-state index contributed by atoms with van der Waals surface area (Å²) in [4.78, 5) is 24.8. The number of imidazole rings is 1. The molecular weight excluding hydrogens is 524 g/mol. The minimum atomic E-state index is -1.37. The van der Waals surface area contributed by atoms with Crippen LogP contribution in [0.25, 0.3) is 22.6 Å². The van der Waals surface area contributed by atoms with Gasteiger partial charge in [-0.1, -0.05) is 32.0 Å². The van der Waals surface area contributed by atoms with Crippen molar-refractivity contribution in [2.75, 3.05) is 5.32 Å². The number of carbonyl (C=O) groups excluding carboxylic acids is 1. The number of benzene rings is 2. The van der Waals surface area contributed by atoms with Gasteiger partial charge in [-0.05, 0) is 55.3 Å². The predicted octanol–water partition coefficient (Wildman–Crippen LogP) is 0.659. The van der Waals surface area contributed by atoms with Gasteiger partial charge in [0.2, 0.25) is 5.95 Å². The van der Waals surface area contributed by atoms with Gasteiger partial charge in [0, 0.05) is 42.3 Å². The van der Waals surface area contributed by atoms with Gasteiger partial charge in [-0.2, -0.15) is 0 Å². The number of aliphatic carboxylic acids is 1. The minimum absolute atomic E-state index is 0. The van der Waals surface area contributed by atoms with Crippen molar-refractivity contribution in [1.82, 2.24) is 19.5 Å². The first kappa shape index (κ1) is 31.4.